The van der Waals surface area contributed by atoms with Gasteiger partial charge in [0.15, 0.2) is 0 Å². The van der Waals surface area contributed by atoms with Crippen LogP contribution in [0.2, 0.25) is 0 Å². The molecule has 1 aromatic carbocycles. The van der Waals surface area contributed by atoms with Gasteiger partial charge in [-0.1, -0.05) is 6.07 Å². The van der Waals surface area contributed by atoms with Crippen molar-refractivity contribution in [3.8, 4) is 0 Å². The molecular formula is C8H11FN2O2S. The molecule has 4 N–H and O–H groups in total. The Labute approximate surface area is 81.8 Å². The molecular weight excluding hydrogens is 207 g/mol. The van der Waals surface area contributed by atoms with Crippen molar-refractivity contribution in [3.63, 3.8) is 0 Å². The van der Waals surface area contributed by atoms with Crippen LogP contribution in [0.15, 0.2) is 23.1 Å². The summed E-state index contributed by atoms with van der Waals surface area (Å²) in [5.41, 5.74) is 5.93. The summed E-state index contributed by atoms with van der Waals surface area (Å²) in [6.45, 7) is 0.371. The summed E-state index contributed by atoms with van der Waals surface area (Å²) in [4.78, 5) is -0.483. The second-order valence-corrected chi connectivity index (χ2v) is 4.38. The molecule has 1 aromatic rings. The van der Waals surface area contributed by atoms with Gasteiger partial charge in [-0.2, -0.15) is 0 Å². The van der Waals surface area contributed by atoms with Crippen molar-refractivity contribution >= 4 is 10.0 Å². The first-order chi connectivity index (χ1) is 6.45. The maximum absolute atomic E-state index is 13.0. The van der Waals surface area contributed by atoms with Gasteiger partial charge in [0.05, 0.1) is 0 Å². The standard InChI is InChI=1S/C8H11FN2O2S/c9-7-2-1-6(3-4-10)5-8(7)14(11,12)13/h1-2,5H,3-4,10H2,(H2,11,12,13). The third kappa shape index (κ3) is 2.50. The SMILES string of the molecule is NCCc1ccc(F)c(S(N)(=O)=O)c1. The van der Waals surface area contributed by atoms with E-state index in [1.165, 1.54) is 12.1 Å². The molecule has 0 aliphatic rings. The molecule has 0 saturated carbocycles. The van der Waals surface area contributed by atoms with Crippen LogP contribution in [-0.2, 0) is 16.4 Å². The van der Waals surface area contributed by atoms with Crippen molar-refractivity contribution < 1.29 is 12.8 Å². The number of sulfonamides is 1. The van der Waals surface area contributed by atoms with E-state index in [2.05, 4.69) is 0 Å². The molecule has 14 heavy (non-hydrogen) atoms. The van der Waals surface area contributed by atoms with Crippen LogP contribution < -0.4 is 10.9 Å². The fourth-order valence-electron chi connectivity index (χ4n) is 1.09. The molecule has 0 atom stereocenters. The second kappa shape index (κ2) is 4.04. The first kappa shape index (κ1) is 11.1. The number of rotatable bonds is 3. The van der Waals surface area contributed by atoms with E-state index in [0.717, 1.165) is 6.07 Å². The summed E-state index contributed by atoms with van der Waals surface area (Å²) in [7, 11) is -3.99. The Kier molecular flexibility index (Phi) is 3.20. The highest BCUT2D eigenvalue weighted by Gasteiger charge is 2.14. The van der Waals surface area contributed by atoms with Gasteiger partial charge in [-0.25, -0.2) is 17.9 Å². The van der Waals surface area contributed by atoms with Crippen molar-refractivity contribution in [1.82, 2.24) is 0 Å². The number of nitrogens with two attached hydrogens (primary N) is 2. The van der Waals surface area contributed by atoms with Gasteiger partial charge in [0.2, 0.25) is 10.0 Å². The highest BCUT2D eigenvalue weighted by Crippen LogP contribution is 2.14. The average Bonchev–Trinajstić information content (AvgIpc) is 2.07. The van der Waals surface area contributed by atoms with E-state index in [1.54, 1.807) is 0 Å². The molecule has 6 heteroatoms. The van der Waals surface area contributed by atoms with Crippen LogP contribution in [0.5, 0.6) is 0 Å². The van der Waals surface area contributed by atoms with E-state index < -0.39 is 20.7 Å². The molecule has 0 saturated heterocycles. The normalized spacial score (nSPS) is 11.6. The lowest BCUT2D eigenvalue weighted by Gasteiger charge is -2.03. The second-order valence-electron chi connectivity index (χ2n) is 2.85. The Hall–Kier alpha value is -0.980. The fourth-order valence-corrected chi connectivity index (χ4v) is 1.74. The minimum atomic E-state index is -3.99. The Bertz CT molecular complexity index is 431. The number of hydrogen-bond acceptors (Lipinski definition) is 3. The molecule has 78 valence electrons. The van der Waals surface area contributed by atoms with Gasteiger partial charge < -0.3 is 5.73 Å². The Morgan fingerprint density at radius 3 is 2.50 bits per heavy atom. The third-order valence-electron chi connectivity index (χ3n) is 1.74. The highest BCUT2D eigenvalue weighted by atomic mass is 32.2. The van der Waals surface area contributed by atoms with E-state index in [4.69, 9.17) is 10.9 Å². The van der Waals surface area contributed by atoms with E-state index in [-0.39, 0.29) is 0 Å². The number of primary sulfonamides is 1. The predicted molar refractivity (Wildman–Crippen MR) is 50.5 cm³/mol. The van der Waals surface area contributed by atoms with Crippen LogP contribution in [-0.4, -0.2) is 15.0 Å². The first-order valence-corrected chi connectivity index (χ1v) is 5.51. The van der Waals surface area contributed by atoms with Crippen molar-refractivity contribution in [3.05, 3.63) is 29.6 Å². The van der Waals surface area contributed by atoms with Crippen LogP contribution in [0.3, 0.4) is 0 Å². The molecule has 0 amide bonds. The lowest BCUT2D eigenvalue weighted by atomic mass is 10.1. The zero-order valence-electron chi connectivity index (χ0n) is 7.40. The minimum Gasteiger partial charge on any atom is -0.330 e. The topological polar surface area (TPSA) is 86.2 Å². The molecule has 0 aromatic heterocycles. The minimum absolute atomic E-state index is 0.371. The zero-order valence-corrected chi connectivity index (χ0v) is 8.22. The fraction of sp³-hybridized carbons (Fsp3) is 0.250. The van der Waals surface area contributed by atoms with Crippen LogP contribution in [0, 0.1) is 5.82 Å². The van der Waals surface area contributed by atoms with E-state index in [9.17, 15) is 12.8 Å². The quantitative estimate of drug-likeness (QED) is 0.747. The largest absolute Gasteiger partial charge is 0.330 e. The molecule has 0 bridgehead atoms. The van der Waals surface area contributed by atoms with Crippen molar-refractivity contribution in [2.45, 2.75) is 11.3 Å². The van der Waals surface area contributed by atoms with Gasteiger partial charge in [-0.15, -0.1) is 0 Å². The summed E-state index contributed by atoms with van der Waals surface area (Å²) >= 11 is 0. The van der Waals surface area contributed by atoms with Crippen LogP contribution >= 0.6 is 0 Å². The molecule has 4 nitrogen and oxygen atoms in total. The third-order valence-corrected chi connectivity index (χ3v) is 2.66. The number of benzene rings is 1. The Morgan fingerprint density at radius 1 is 1.36 bits per heavy atom. The van der Waals surface area contributed by atoms with Crippen molar-refractivity contribution in [2.75, 3.05) is 6.54 Å². The smallest absolute Gasteiger partial charge is 0.240 e. The molecule has 0 aliphatic heterocycles. The van der Waals surface area contributed by atoms with Gasteiger partial charge >= 0.3 is 0 Å². The van der Waals surface area contributed by atoms with E-state index in [0.29, 0.717) is 18.5 Å². The summed E-state index contributed by atoms with van der Waals surface area (Å²) in [6, 6.07) is 3.76. The Balaban J connectivity index is 3.22. The van der Waals surface area contributed by atoms with Crippen LogP contribution in [0.1, 0.15) is 5.56 Å². The first-order valence-electron chi connectivity index (χ1n) is 3.96. The summed E-state index contributed by atoms with van der Waals surface area (Å²) < 4.78 is 34.8. The van der Waals surface area contributed by atoms with Crippen molar-refractivity contribution in [1.29, 1.82) is 0 Å². The summed E-state index contributed by atoms with van der Waals surface area (Å²) in [6.07, 6.45) is 0.489. The van der Waals surface area contributed by atoms with Gasteiger partial charge in [0, 0.05) is 0 Å². The molecule has 0 heterocycles. The van der Waals surface area contributed by atoms with E-state index in [1.807, 2.05) is 0 Å². The lowest BCUT2D eigenvalue weighted by molar-refractivity contribution is 0.567. The average molecular weight is 218 g/mol. The van der Waals surface area contributed by atoms with Gasteiger partial charge in [-0.05, 0) is 30.7 Å². The maximum atomic E-state index is 13.0. The molecule has 0 fully saturated rings. The molecule has 0 spiro atoms. The number of halogens is 1. The van der Waals surface area contributed by atoms with Crippen LogP contribution in [0.4, 0.5) is 4.39 Å². The monoisotopic (exact) mass is 218 g/mol. The highest BCUT2D eigenvalue weighted by molar-refractivity contribution is 7.89. The molecule has 0 radical (unpaired) electrons. The van der Waals surface area contributed by atoms with Gasteiger partial charge in [-0.3, -0.25) is 0 Å². The van der Waals surface area contributed by atoms with E-state index >= 15 is 0 Å². The lowest BCUT2D eigenvalue weighted by Crippen LogP contribution is -2.15. The zero-order chi connectivity index (χ0) is 10.8. The van der Waals surface area contributed by atoms with Gasteiger partial charge in [0.25, 0.3) is 0 Å². The van der Waals surface area contributed by atoms with Crippen molar-refractivity contribution in [2.24, 2.45) is 10.9 Å². The number of hydrogen-bond donors (Lipinski definition) is 2. The summed E-state index contributed by atoms with van der Waals surface area (Å²) in [5.74, 6) is -0.840. The maximum Gasteiger partial charge on any atom is 0.240 e. The summed E-state index contributed by atoms with van der Waals surface area (Å²) in [5, 5.41) is 4.82. The molecule has 0 aliphatic carbocycles. The molecule has 0 unspecified atom stereocenters. The Morgan fingerprint density at radius 2 is 2.00 bits per heavy atom. The van der Waals surface area contributed by atoms with Gasteiger partial charge in [0.1, 0.15) is 10.7 Å². The van der Waals surface area contributed by atoms with Crippen LogP contribution in [0.25, 0.3) is 0 Å². The predicted octanol–water partition coefficient (Wildman–Crippen LogP) is -0.0257. The molecule has 1 rings (SSSR count).